The van der Waals surface area contributed by atoms with Crippen LogP contribution in [0.5, 0.6) is 0 Å². The first-order chi connectivity index (χ1) is 14.7. The number of rotatable bonds is 4. The molecule has 30 heavy (non-hydrogen) atoms. The maximum atomic E-state index is 14.5. The fourth-order valence-electron chi connectivity index (χ4n) is 4.52. The van der Waals surface area contributed by atoms with Crippen LogP contribution in [-0.2, 0) is 11.1 Å². The molecule has 0 aliphatic carbocycles. The van der Waals surface area contributed by atoms with Crippen molar-refractivity contribution >= 4 is 28.7 Å². The Morgan fingerprint density at radius 3 is 2.13 bits per heavy atom. The molecule has 0 fully saturated rings. The van der Waals surface area contributed by atoms with E-state index in [0.717, 1.165) is 34.8 Å². The molecule has 3 aromatic carbocycles. The molecule has 1 aromatic heterocycles. The van der Waals surface area contributed by atoms with Gasteiger partial charge in [0.2, 0.25) is 0 Å². The van der Waals surface area contributed by atoms with E-state index in [1.165, 1.54) is 0 Å². The zero-order chi connectivity index (χ0) is 20.6. The van der Waals surface area contributed by atoms with Gasteiger partial charge in [-0.1, -0.05) is 72.8 Å². The Hall–Kier alpha value is -2.97. The molecule has 4 aromatic rings. The molecule has 0 bridgehead atoms. The summed E-state index contributed by atoms with van der Waals surface area (Å²) in [6, 6.07) is 27.0. The minimum absolute atomic E-state index is 0.00885. The van der Waals surface area contributed by atoms with E-state index >= 15 is 0 Å². The highest BCUT2D eigenvalue weighted by atomic mass is 31.2. The van der Waals surface area contributed by atoms with Crippen LogP contribution in [0.4, 0.5) is 0 Å². The minimum atomic E-state index is -2.88. The molecule has 0 amide bonds. The van der Waals surface area contributed by atoms with Crippen molar-refractivity contribution in [1.29, 1.82) is 0 Å². The van der Waals surface area contributed by atoms with Gasteiger partial charge in [0, 0.05) is 29.2 Å². The van der Waals surface area contributed by atoms with E-state index < -0.39 is 7.14 Å². The lowest BCUT2D eigenvalue weighted by atomic mass is 10.00. The summed E-state index contributed by atoms with van der Waals surface area (Å²) < 4.78 is 16.3. The van der Waals surface area contributed by atoms with Crippen LogP contribution in [-0.4, -0.2) is 15.7 Å². The van der Waals surface area contributed by atoms with Gasteiger partial charge in [-0.2, -0.15) is 0 Å². The van der Waals surface area contributed by atoms with Crippen molar-refractivity contribution in [1.82, 2.24) is 9.55 Å². The van der Waals surface area contributed by atoms with Crippen LogP contribution >= 0.6 is 7.14 Å². The van der Waals surface area contributed by atoms with Gasteiger partial charge in [0.15, 0.2) is 0 Å². The SMILES string of the molecule is O=c1c2ccccc2nc2n1CCCC2CP(=O)(c1ccccc1)c1ccccc1. The molecule has 0 saturated carbocycles. The normalized spacial score (nSPS) is 16.3. The predicted molar refractivity (Wildman–Crippen MR) is 123 cm³/mol. The van der Waals surface area contributed by atoms with Crippen molar-refractivity contribution in [2.75, 3.05) is 6.16 Å². The van der Waals surface area contributed by atoms with Crippen LogP contribution in [0.25, 0.3) is 10.9 Å². The van der Waals surface area contributed by atoms with Crippen molar-refractivity contribution in [3.8, 4) is 0 Å². The van der Waals surface area contributed by atoms with Crippen LogP contribution in [0.1, 0.15) is 24.6 Å². The monoisotopic (exact) mass is 414 g/mol. The maximum Gasteiger partial charge on any atom is 0.261 e. The van der Waals surface area contributed by atoms with E-state index in [2.05, 4.69) is 0 Å². The summed E-state index contributed by atoms with van der Waals surface area (Å²) in [6.45, 7) is 0.670. The van der Waals surface area contributed by atoms with Crippen molar-refractivity contribution in [2.24, 2.45) is 0 Å². The van der Waals surface area contributed by atoms with Gasteiger partial charge in [-0.05, 0) is 25.0 Å². The zero-order valence-corrected chi connectivity index (χ0v) is 17.5. The molecule has 1 aliphatic heterocycles. The smallest absolute Gasteiger partial charge is 0.261 e. The highest BCUT2D eigenvalue weighted by Crippen LogP contribution is 2.48. The van der Waals surface area contributed by atoms with Crippen LogP contribution < -0.4 is 16.2 Å². The van der Waals surface area contributed by atoms with Gasteiger partial charge in [-0.3, -0.25) is 9.36 Å². The Kier molecular flexibility index (Phi) is 4.88. The Morgan fingerprint density at radius 1 is 0.867 bits per heavy atom. The summed E-state index contributed by atoms with van der Waals surface area (Å²) in [4.78, 5) is 17.9. The average molecular weight is 414 g/mol. The number of nitrogens with zero attached hydrogens (tertiary/aromatic N) is 2. The lowest BCUT2D eigenvalue weighted by Gasteiger charge is -2.30. The van der Waals surface area contributed by atoms with E-state index in [1.54, 1.807) is 4.57 Å². The largest absolute Gasteiger partial charge is 0.314 e. The van der Waals surface area contributed by atoms with E-state index in [0.29, 0.717) is 18.1 Å². The summed E-state index contributed by atoms with van der Waals surface area (Å²) >= 11 is 0. The van der Waals surface area contributed by atoms with E-state index in [4.69, 9.17) is 4.98 Å². The number of hydrogen-bond acceptors (Lipinski definition) is 3. The van der Waals surface area contributed by atoms with Crippen molar-refractivity contribution in [3.63, 3.8) is 0 Å². The number of fused-ring (bicyclic) bond motifs is 2. The van der Waals surface area contributed by atoms with Gasteiger partial charge in [0.05, 0.1) is 10.9 Å². The van der Waals surface area contributed by atoms with Crippen molar-refractivity contribution in [2.45, 2.75) is 25.3 Å². The second kappa shape index (κ2) is 7.70. The van der Waals surface area contributed by atoms with Crippen LogP contribution in [0.15, 0.2) is 89.7 Å². The molecule has 2 heterocycles. The Labute approximate surface area is 175 Å². The molecule has 1 aliphatic rings. The van der Waals surface area contributed by atoms with E-state index in [9.17, 15) is 9.36 Å². The third-order valence-corrected chi connectivity index (χ3v) is 9.23. The van der Waals surface area contributed by atoms with Crippen LogP contribution in [0.2, 0.25) is 0 Å². The summed E-state index contributed by atoms with van der Waals surface area (Å²) in [7, 11) is -2.88. The molecular weight excluding hydrogens is 391 g/mol. The summed E-state index contributed by atoms with van der Waals surface area (Å²) in [5.41, 5.74) is 0.726. The third-order valence-electron chi connectivity index (χ3n) is 6.01. The van der Waals surface area contributed by atoms with Gasteiger partial charge >= 0.3 is 0 Å². The highest BCUT2D eigenvalue weighted by molar-refractivity contribution is 7.78. The van der Waals surface area contributed by atoms with Crippen molar-refractivity contribution < 1.29 is 4.57 Å². The topological polar surface area (TPSA) is 52.0 Å². The first-order valence-corrected chi connectivity index (χ1v) is 12.3. The molecule has 0 spiro atoms. The first kappa shape index (κ1) is 19.0. The summed E-state index contributed by atoms with van der Waals surface area (Å²) in [6.07, 6.45) is 2.25. The number of para-hydroxylation sites is 1. The molecule has 5 rings (SSSR count). The third kappa shape index (κ3) is 3.22. The molecule has 5 heteroatoms. The van der Waals surface area contributed by atoms with Gasteiger partial charge in [0.1, 0.15) is 13.0 Å². The Morgan fingerprint density at radius 2 is 1.47 bits per heavy atom. The average Bonchev–Trinajstić information content (AvgIpc) is 2.81. The fourth-order valence-corrected chi connectivity index (χ4v) is 7.51. The standard InChI is InChI=1S/C25H23N2O2P/c28-25-22-15-7-8-16-23(22)26-24-19(10-9-17-27(24)25)18-30(29,20-11-3-1-4-12-20)21-13-5-2-6-14-21/h1-8,11-16,19H,9-10,17-18H2. The summed E-state index contributed by atoms with van der Waals surface area (Å²) in [5, 5.41) is 2.36. The quantitative estimate of drug-likeness (QED) is 0.468. The van der Waals surface area contributed by atoms with Gasteiger partial charge < -0.3 is 4.57 Å². The molecule has 150 valence electrons. The number of aromatic nitrogens is 2. The van der Waals surface area contributed by atoms with Gasteiger partial charge in [-0.25, -0.2) is 4.98 Å². The lowest BCUT2D eigenvalue weighted by molar-refractivity contribution is 0.446. The van der Waals surface area contributed by atoms with Gasteiger partial charge in [0.25, 0.3) is 5.56 Å². The maximum absolute atomic E-state index is 14.5. The predicted octanol–water partition coefficient (Wildman–Crippen LogP) is 4.29. The Balaban J connectivity index is 1.65. The molecular formula is C25H23N2O2P. The summed E-state index contributed by atoms with van der Waals surface area (Å²) in [5.74, 6) is 0.749. The van der Waals surface area contributed by atoms with E-state index in [-0.39, 0.29) is 11.5 Å². The fraction of sp³-hybridized carbons (Fsp3) is 0.200. The zero-order valence-electron chi connectivity index (χ0n) is 16.6. The molecule has 0 radical (unpaired) electrons. The minimum Gasteiger partial charge on any atom is -0.314 e. The Bertz CT molecular complexity index is 1260. The first-order valence-electron chi connectivity index (χ1n) is 10.4. The lowest BCUT2D eigenvalue weighted by Crippen LogP contribution is -2.33. The van der Waals surface area contributed by atoms with E-state index in [1.807, 2.05) is 84.9 Å². The number of hydrogen-bond donors (Lipinski definition) is 0. The molecule has 0 saturated heterocycles. The number of benzene rings is 3. The van der Waals surface area contributed by atoms with Crippen molar-refractivity contribution in [3.05, 3.63) is 101 Å². The highest BCUT2D eigenvalue weighted by Gasteiger charge is 2.34. The van der Waals surface area contributed by atoms with Crippen LogP contribution in [0, 0.1) is 0 Å². The second-order valence-corrected chi connectivity index (χ2v) is 10.8. The second-order valence-electron chi connectivity index (χ2n) is 7.88. The molecule has 4 nitrogen and oxygen atoms in total. The van der Waals surface area contributed by atoms with Gasteiger partial charge in [-0.15, -0.1) is 0 Å². The molecule has 1 atom stereocenters. The van der Waals surface area contributed by atoms with Crippen LogP contribution in [0.3, 0.4) is 0 Å². The molecule has 1 unspecified atom stereocenters. The molecule has 0 N–H and O–H groups in total.